The molecular formula is C17H37IN4O2S. The molecule has 3 N–H and O–H groups in total. The molecule has 0 aliphatic rings. The van der Waals surface area contributed by atoms with Crippen molar-refractivity contribution in [3.8, 4) is 0 Å². The first-order valence-electron chi connectivity index (χ1n) is 8.75. The summed E-state index contributed by atoms with van der Waals surface area (Å²) in [5.74, 6) is 1.96. The second-order valence-electron chi connectivity index (χ2n) is 6.71. The van der Waals surface area contributed by atoms with Crippen LogP contribution < -0.4 is 16.0 Å². The standard InChI is InChI=1S/C17H36N4O2S.HI/c1-7-10-14(21-16(22)23-17(2,3)4)13-20-15(18-5)19-11-8-9-12-24-6;/h14H,7-13H2,1-6H3,(H,21,22)(H2,18,19,20);1H. The van der Waals surface area contributed by atoms with Gasteiger partial charge in [-0.25, -0.2) is 4.79 Å². The molecule has 1 amide bonds. The third kappa shape index (κ3) is 16.8. The fourth-order valence-electron chi connectivity index (χ4n) is 2.07. The Morgan fingerprint density at radius 1 is 1.24 bits per heavy atom. The molecule has 0 aromatic heterocycles. The summed E-state index contributed by atoms with van der Waals surface area (Å²) in [6, 6.07) is 0.0138. The first-order valence-corrected chi connectivity index (χ1v) is 10.1. The minimum Gasteiger partial charge on any atom is -0.444 e. The third-order valence-corrected chi connectivity index (χ3v) is 3.86. The maximum absolute atomic E-state index is 11.9. The van der Waals surface area contributed by atoms with Crippen LogP contribution in [0.2, 0.25) is 0 Å². The van der Waals surface area contributed by atoms with Gasteiger partial charge in [0.25, 0.3) is 0 Å². The molecule has 0 saturated carbocycles. The molecule has 0 rings (SSSR count). The number of aliphatic imine (C=N–C) groups is 1. The molecule has 0 bridgehead atoms. The lowest BCUT2D eigenvalue weighted by atomic mass is 10.1. The monoisotopic (exact) mass is 488 g/mol. The van der Waals surface area contributed by atoms with Crippen LogP contribution in [-0.4, -0.2) is 55.8 Å². The molecule has 0 fully saturated rings. The van der Waals surface area contributed by atoms with Crippen LogP contribution in [0.4, 0.5) is 4.79 Å². The molecule has 0 spiro atoms. The number of amides is 1. The highest BCUT2D eigenvalue weighted by Crippen LogP contribution is 2.07. The van der Waals surface area contributed by atoms with Gasteiger partial charge in [0, 0.05) is 26.2 Å². The van der Waals surface area contributed by atoms with Gasteiger partial charge in [-0.1, -0.05) is 13.3 Å². The lowest BCUT2D eigenvalue weighted by Crippen LogP contribution is -2.48. The van der Waals surface area contributed by atoms with E-state index in [1.165, 1.54) is 12.2 Å². The number of ether oxygens (including phenoxy) is 1. The lowest BCUT2D eigenvalue weighted by molar-refractivity contribution is 0.0502. The number of carbonyl (C=O) groups excluding carboxylic acids is 1. The Labute approximate surface area is 175 Å². The van der Waals surface area contributed by atoms with E-state index in [0.717, 1.165) is 31.8 Å². The number of nitrogens with one attached hydrogen (secondary N) is 3. The minimum absolute atomic E-state index is 0. The number of thioether (sulfide) groups is 1. The predicted octanol–water partition coefficient (Wildman–Crippen LogP) is 3.61. The molecule has 0 aliphatic heterocycles. The Balaban J connectivity index is 0. The van der Waals surface area contributed by atoms with Gasteiger partial charge in [0.05, 0.1) is 0 Å². The quantitative estimate of drug-likeness (QED) is 0.190. The number of nitrogens with zero attached hydrogens (tertiary/aromatic N) is 1. The largest absolute Gasteiger partial charge is 0.444 e. The number of hydrogen-bond donors (Lipinski definition) is 3. The second-order valence-corrected chi connectivity index (χ2v) is 7.70. The number of alkyl carbamates (subject to hydrolysis) is 1. The Hall–Kier alpha value is -0.380. The van der Waals surface area contributed by atoms with E-state index in [4.69, 9.17) is 4.74 Å². The summed E-state index contributed by atoms with van der Waals surface area (Å²) in [7, 11) is 1.76. The van der Waals surface area contributed by atoms with Gasteiger partial charge in [0.15, 0.2) is 5.96 Å². The first-order chi connectivity index (χ1) is 11.3. The van der Waals surface area contributed by atoms with E-state index < -0.39 is 5.60 Å². The Kier molecular flexibility index (Phi) is 17.0. The van der Waals surface area contributed by atoms with Crippen LogP contribution in [0.1, 0.15) is 53.4 Å². The van der Waals surface area contributed by atoms with Gasteiger partial charge in [-0.15, -0.1) is 24.0 Å². The zero-order chi connectivity index (χ0) is 18.4. The number of carbonyl (C=O) groups is 1. The van der Waals surface area contributed by atoms with E-state index in [2.05, 4.69) is 34.1 Å². The van der Waals surface area contributed by atoms with E-state index in [0.29, 0.717) is 6.54 Å². The predicted molar refractivity (Wildman–Crippen MR) is 120 cm³/mol. The van der Waals surface area contributed by atoms with E-state index in [1.807, 2.05) is 32.5 Å². The van der Waals surface area contributed by atoms with Crippen molar-refractivity contribution >= 4 is 47.8 Å². The molecule has 0 aliphatic carbocycles. The maximum atomic E-state index is 11.9. The van der Waals surface area contributed by atoms with Crippen LogP contribution in [0, 0.1) is 0 Å². The number of guanidine groups is 1. The highest BCUT2D eigenvalue weighted by Gasteiger charge is 2.19. The van der Waals surface area contributed by atoms with E-state index >= 15 is 0 Å². The van der Waals surface area contributed by atoms with Crippen LogP contribution in [0.15, 0.2) is 4.99 Å². The highest BCUT2D eigenvalue weighted by molar-refractivity contribution is 14.0. The van der Waals surface area contributed by atoms with Crippen molar-refractivity contribution in [1.82, 2.24) is 16.0 Å². The van der Waals surface area contributed by atoms with E-state index in [-0.39, 0.29) is 36.1 Å². The number of halogens is 1. The summed E-state index contributed by atoms with van der Waals surface area (Å²) in [4.78, 5) is 16.1. The summed E-state index contributed by atoms with van der Waals surface area (Å²) in [6.45, 7) is 9.21. The SMILES string of the molecule is CCCC(CNC(=NC)NCCCCSC)NC(=O)OC(C)(C)C.I. The lowest BCUT2D eigenvalue weighted by Gasteiger charge is -2.24. The fraction of sp³-hybridized carbons (Fsp3) is 0.882. The number of unbranched alkanes of at least 4 members (excludes halogenated alkanes) is 1. The minimum atomic E-state index is -0.483. The molecule has 0 saturated heterocycles. The summed E-state index contributed by atoms with van der Waals surface area (Å²) in [5.41, 5.74) is -0.483. The Bertz CT molecular complexity index is 376. The molecule has 1 atom stereocenters. The van der Waals surface area contributed by atoms with Crippen molar-refractivity contribution in [2.45, 2.75) is 65.0 Å². The van der Waals surface area contributed by atoms with Gasteiger partial charge in [-0.2, -0.15) is 11.8 Å². The van der Waals surface area contributed by atoms with E-state index in [9.17, 15) is 4.79 Å². The summed E-state index contributed by atoms with van der Waals surface area (Å²) >= 11 is 1.87. The molecular weight excluding hydrogens is 451 g/mol. The third-order valence-electron chi connectivity index (χ3n) is 3.17. The number of hydrogen-bond acceptors (Lipinski definition) is 4. The zero-order valence-corrected chi connectivity index (χ0v) is 19.8. The summed E-state index contributed by atoms with van der Waals surface area (Å²) in [5, 5.41) is 9.51. The van der Waals surface area contributed by atoms with Crippen LogP contribution in [0.25, 0.3) is 0 Å². The van der Waals surface area contributed by atoms with Gasteiger partial charge in [-0.3, -0.25) is 4.99 Å². The van der Waals surface area contributed by atoms with Gasteiger partial charge in [-0.05, 0) is 52.0 Å². The van der Waals surface area contributed by atoms with Gasteiger partial charge in [0.2, 0.25) is 0 Å². The smallest absolute Gasteiger partial charge is 0.407 e. The Morgan fingerprint density at radius 3 is 2.44 bits per heavy atom. The maximum Gasteiger partial charge on any atom is 0.407 e. The van der Waals surface area contributed by atoms with Crippen molar-refractivity contribution in [2.75, 3.05) is 32.1 Å². The average Bonchev–Trinajstić information content (AvgIpc) is 2.48. The van der Waals surface area contributed by atoms with Gasteiger partial charge >= 0.3 is 6.09 Å². The van der Waals surface area contributed by atoms with Gasteiger partial charge in [0.1, 0.15) is 5.60 Å². The number of rotatable bonds is 10. The van der Waals surface area contributed by atoms with Crippen LogP contribution in [-0.2, 0) is 4.74 Å². The molecule has 1 unspecified atom stereocenters. The van der Waals surface area contributed by atoms with Crippen LogP contribution in [0.5, 0.6) is 0 Å². The van der Waals surface area contributed by atoms with Crippen molar-refractivity contribution in [1.29, 1.82) is 0 Å². The molecule has 0 aromatic carbocycles. The fourth-order valence-corrected chi connectivity index (χ4v) is 2.56. The molecule has 6 nitrogen and oxygen atoms in total. The molecule has 25 heavy (non-hydrogen) atoms. The van der Waals surface area contributed by atoms with Crippen molar-refractivity contribution in [2.24, 2.45) is 4.99 Å². The topological polar surface area (TPSA) is 74.8 Å². The Morgan fingerprint density at radius 2 is 1.92 bits per heavy atom. The van der Waals surface area contributed by atoms with Gasteiger partial charge < -0.3 is 20.7 Å². The summed E-state index contributed by atoms with van der Waals surface area (Å²) < 4.78 is 5.32. The zero-order valence-electron chi connectivity index (χ0n) is 16.6. The summed E-state index contributed by atoms with van der Waals surface area (Å²) in [6.07, 6.45) is 5.95. The van der Waals surface area contributed by atoms with Crippen molar-refractivity contribution in [3.05, 3.63) is 0 Å². The molecule has 0 aromatic rings. The highest BCUT2D eigenvalue weighted by atomic mass is 127. The second kappa shape index (κ2) is 15.8. The molecule has 0 heterocycles. The van der Waals surface area contributed by atoms with Crippen molar-refractivity contribution < 1.29 is 9.53 Å². The molecule has 0 radical (unpaired) electrons. The van der Waals surface area contributed by atoms with Crippen LogP contribution >= 0.6 is 35.7 Å². The normalized spacial score (nSPS) is 12.8. The first kappa shape index (κ1) is 26.8. The van der Waals surface area contributed by atoms with Crippen LogP contribution in [0.3, 0.4) is 0 Å². The molecule has 150 valence electrons. The average molecular weight is 488 g/mol. The van der Waals surface area contributed by atoms with Crippen molar-refractivity contribution in [3.63, 3.8) is 0 Å². The van der Waals surface area contributed by atoms with E-state index in [1.54, 1.807) is 7.05 Å². The molecule has 8 heteroatoms.